The van der Waals surface area contributed by atoms with Crippen molar-refractivity contribution in [3.63, 3.8) is 0 Å². The molecule has 0 aliphatic heterocycles. The Morgan fingerprint density at radius 2 is 2.00 bits per heavy atom. The molecule has 5 heteroatoms. The van der Waals surface area contributed by atoms with Crippen LogP contribution in [0, 0.1) is 5.92 Å². The first-order chi connectivity index (χ1) is 9.33. The van der Waals surface area contributed by atoms with Crippen molar-refractivity contribution in [3.8, 4) is 0 Å². The molecule has 106 valence electrons. The molecule has 2 saturated carbocycles. The van der Waals surface area contributed by atoms with Crippen molar-refractivity contribution in [2.24, 2.45) is 11.7 Å². The highest BCUT2D eigenvalue weighted by molar-refractivity contribution is 7.99. The highest BCUT2D eigenvalue weighted by Gasteiger charge is 2.32. The minimum atomic E-state index is 0.506. The van der Waals surface area contributed by atoms with Crippen LogP contribution in [0.5, 0.6) is 0 Å². The Bertz CT molecular complexity index is 427. The van der Waals surface area contributed by atoms with Gasteiger partial charge in [-0.2, -0.15) is 0 Å². The maximum Gasteiger partial charge on any atom is 0.191 e. The van der Waals surface area contributed by atoms with Crippen LogP contribution < -0.4 is 5.73 Å². The summed E-state index contributed by atoms with van der Waals surface area (Å²) in [5.41, 5.74) is 5.78. The second-order valence-corrected chi connectivity index (χ2v) is 7.02. The predicted molar refractivity (Wildman–Crippen MR) is 78.1 cm³/mol. The van der Waals surface area contributed by atoms with Crippen molar-refractivity contribution in [2.45, 2.75) is 74.9 Å². The summed E-state index contributed by atoms with van der Waals surface area (Å²) in [4.78, 5) is 0. The van der Waals surface area contributed by atoms with Crippen LogP contribution in [-0.2, 0) is 6.54 Å². The number of aromatic nitrogens is 3. The number of hydrogen-bond donors (Lipinski definition) is 1. The minimum absolute atomic E-state index is 0.506. The van der Waals surface area contributed by atoms with Gasteiger partial charge in [-0.25, -0.2) is 0 Å². The number of nitrogens with two attached hydrogens (primary N) is 1. The van der Waals surface area contributed by atoms with Gasteiger partial charge in [0, 0.05) is 11.3 Å². The third-order valence-electron chi connectivity index (χ3n) is 4.45. The lowest BCUT2D eigenvalue weighted by molar-refractivity contribution is 0.360. The van der Waals surface area contributed by atoms with Crippen LogP contribution in [-0.4, -0.2) is 20.0 Å². The molecule has 2 fully saturated rings. The van der Waals surface area contributed by atoms with E-state index in [1.807, 2.05) is 11.8 Å². The Labute approximate surface area is 119 Å². The quantitative estimate of drug-likeness (QED) is 0.900. The lowest BCUT2D eigenvalue weighted by Crippen LogP contribution is -2.22. The monoisotopic (exact) mass is 280 g/mol. The topological polar surface area (TPSA) is 56.7 Å². The van der Waals surface area contributed by atoms with Crippen LogP contribution in [0.2, 0.25) is 0 Å². The fourth-order valence-electron chi connectivity index (χ4n) is 3.16. The molecule has 2 N–H and O–H groups in total. The zero-order chi connectivity index (χ0) is 13.2. The highest BCUT2D eigenvalue weighted by Crippen LogP contribution is 2.43. The maximum atomic E-state index is 5.78. The van der Waals surface area contributed by atoms with E-state index >= 15 is 0 Å². The molecular weight excluding hydrogens is 256 g/mol. The SMILES string of the molecule is CCC1CCCCC1Sc1nnc(CN)n1C1CC1. The summed E-state index contributed by atoms with van der Waals surface area (Å²) >= 11 is 1.96. The third-order valence-corrected chi connectivity index (χ3v) is 5.86. The predicted octanol–water partition coefficient (Wildman–Crippen LogP) is 3.13. The van der Waals surface area contributed by atoms with Gasteiger partial charge >= 0.3 is 0 Å². The van der Waals surface area contributed by atoms with E-state index in [1.165, 1.54) is 44.9 Å². The van der Waals surface area contributed by atoms with Gasteiger partial charge in [0.15, 0.2) is 5.16 Å². The molecule has 0 amide bonds. The van der Waals surface area contributed by atoms with Crippen molar-refractivity contribution < 1.29 is 0 Å². The van der Waals surface area contributed by atoms with E-state index in [-0.39, 0.29) is 0 Å². The van der Waals surface area contributed by atoms with Crippen LogP contribution in [0.15, 0.2) is 5.16 Å². The zero-order valence-corrected chi connectivity index (χ0v) is 12.5. The van der Waals surface area contributed by atoms with Crippen LogP contribution in [0.25, 0.3) is 0 Å². The molecule has 0 spiro atoms. The molecule has 3 rings (SSSR count). The van der Waals surface area contributed by atoms with E-state index in [4.69, 9.17) is 5.73 Å². The van der Waals surface area contributed by atoms with Crippen LogP contribution in [0.3, 0.4) is 0 Å². The molecule has 2 aliphatic carbocycles. The van der Waals surface area contributed by atoms with Gasteiger partial charge in [-0.1, -0.05) is 37.9 Å². The maximum absolute atomic E-state index is 5.78. The largest absolute Gasteiger partial charge is 0.324 e. The van der Waals surface area contributed by atoms with Crippen molar-refractivity contribution >= 4 is 11.8 Å². The normalized spacial score (nSPS) is 27.7. The van der Waals surface area contributed by atoms with Gasteiger partial charge in [0.1, 0.15) is 5.82 Å². The fourth-order valence-corrected chi connectivity index (χ4v) is 4.69. The molecule has 0 bridgehead atoms. The summed E-state index contributed by atoms with van der Waals surface area (Å²) in [6, 6.07) is 0.625. The van der Waals surface area contributed by atoms with Crippen LogP contribution in [0.4, 0.5) is 0 Å². The smallest absolute Gasteiger partial charge is 0.191 e. The Kier molecular flexibility index (Phi) is 4.12. The first-order valence-electron chi connectivity index (χ1n) is 7.64. The van der Waals surface area contributed by atoms with Gasteiger partial charge in [0.05, 0.1) is 6.54 Å². The van der Waals surface area contributed by atoms with Crippen LogP contribution >= 0.6 is 11.8 Å². The molecule has 2 aliphatic rings. The fraction of sp³-hybridized carbons (Fsp3) is 0.857. The average Bonchev–Trinajstić information content (AvgIpc) is 3.21. The van der Waals surface area contributed by atoms with Crippen molar-refractivity contribution in [1.29, 1.82) is 0 Å². The second-order valence-electron chi connectivity index (χ2n) is 5.81. The number of thioether (sulfide) groups is 1. The Balaban J connectivity index is 1.76. The molecule has 0 aromatic carbocycles. The summed E-state index contributed by atoms with van der Waals surface area (Å²) in [5, 5.41) is 10.5. The second kappa shape index (κ2) is 5.83. The summed E-state index contributed by atoms with van der Waals surface area (Å²) in [6.07, 6.45) is 9.31. The Morgan fingerprint density at radius 3 is 2.68 bits per heavy atom. The number of hydrogen-bond acceptors (Lipinski definition) is 4. The van der Waals surface area contributed by atoms with Gasteiger partial charge in [0.25, 0.3) is 0 Å². The third kappa shape index (κ3) is 2.82. The highest BCUT2D eigenvalue weighted by atomic mass is 32.2. The molecule has 2 unspecified atom stereocenters. The summed E-state index contributed by atoms with van der Waals surface area (Å²) < 4.78 is 2.31. The molecule has 1 aromatic heterocycles. The molecule has 19 heavy (non-hydrogen) atoms. The molecule has 4 nitrogen and oxygen atoms in total. The van der Waals surface area contributed by atoms with Gasteiger partial charge in [-0.15, -0.1) is 10.2 Å². The minimum Gasteiger partial charge on any atom is -0.324 e. The van der Waals surface area contributed by atoms with E-state index in [1.54, 1.807) is 0 Å². The van der Waals surface area contributed by atoms with Gasteiger partial charge in [-0.05, 0) is 31.6 Å². The van der Waals surface area contributed by atoms with E-state index < -0.39 is 0 Å². The first kappa shape index (κ1) is 13.4. The van der Waals surface area contributed by atoms with E-state index in [0.717, 1.165) is 22.1 Å². The lowest BCUT2D eigenvalue weighted by Gasteiger charge is -2.29. The number of rotatable bonds is 5. The molecule has 0 radical (unpaired) electrons. The van der Waals surface area contributed by atoms with Gasteiger partial charge < -0.3 is 10.3 Å². The van der Waals surface area contributed by atoms with E-state index in [9.17, 15) is 0 Å². The van der Waals surface area contributed by atoms with E-state index in [2.05, 4.69) is 21.7 Å². The number of nitrogens with zero attached hydrogens (tertiary/aromatic N) is 3. The molecule has 2 atom stereocenters. The Morgan fingerprint density at radius 1 is 1.21 bits per heavy atom. The summed E-state index contributed by atoms with van der Waals surface area (Å²) in [5.74, 6) is 1.82. The van der Waals surface area contributed by atoms with Crippen molar-refractivity contribution in [3.05, 3.63) is 5.82 Å². The zero-order valence-electron chi connectivity index (χ0n) is 11.7. The molecular formula is C14H24N4S. The van der Waals surface area contributed by atoms with E-state index in [0.29, 0.717) is 12.6 Å². The average molecular weight is 280 g/mol. The standard InChI is InChI=1S/C14H24N4S/c1-2-10-5-3-4-6-12(10)19-14-17-16-13(9-15)18(14)11-7-8-11/h10-12H,2-9,15H2,1H3. The van der Waals surface area contributed by atoms with Crippen molar-refractivity contribution in [2.75, 3.05) is 0 Å². The Hall–Kier alpha value is -0.550. The molecule has 1 aromatic rings. The molecule has 1 heterocycles. The first-order valence-corrected chi connectivity index (χ1v) is 8.52. The summed E-state index contributed by atoms with van der Waals surface area (Å²) in [6.45, 7) is 2.83. The van der Waals surface area contributed by atoms with Gasteiger partial charge in [-0.3, -0.25) is 0 Å². The van der Waals surface area contributed by atoms with Crippen LogP contribution in [0.1, 0.15) is 63.7 Å². The summed E-state index contributed by atoms with van der Waals surface area (Å²) in [7, 11) is 0. The van der Waals surface area contributed by atoms with Crippen molar-refractivity contribution in [1.82, 2.24) is 14.8 Å². The lowest BCUT2D eigenvalue weighted by atomic mass is 9.87. The molecule has 0 saturated heterocycles. The van der Waals surface area contributed by atoms with Gasteiger partial charge in [0.2, 0.25) is 0 Å².